The Kier molecular flexibility index (Phi) is 5.44. The SMILES string of the molecule is COc1ccc(CNC(=O)NCC(C)(O)c2cc3ccccc3s2)cc1. The molecule has 0 saturated carbocycles. The molecule has 5 nitrogen and oxygen atoms in total. The highest BCUT2D eigenvalue weighted by molar-refractivity contribution is 7.19. The van der Waals surface area contributed by atoms with Gasteiger partial charge in [0.1, 0.15) is 11.4 Å². The van der Waals surface area contributed by atoms with E-state index in [9.17, 15) is 9.90 Å². The molecule has 0 spiro atoms. The quantitative estimate of drug-likeness (QED) is 0.621. The summed E-state index contributed by atoms with van der Waals surface area (Å²) in [5.41, 5.74) is -0.154. The van der Waals surface area contributed by atoms with Crippen LogP contribution in [-0.4, -0.2) is 24.8 Å². The third-order valence-corrected chi connectivity index (χ3v) is 5.53. The predicted octanol–water partition coefficient (Wildman–Crippen LogP) is 3.62. The normalized spacial score (nSPS) is 13.2. The van der Waals surface area contributed by atoms with Gasteiger partial charge in [-0.25, -0.2) is 4.79 Å². The highest BCUT2D eigenvalue weighted by Gasteiger charge is 2.26. The Labute approximate surface area is 156 Å². The number of carbonyl (C=O) groups excluding carboxylic acids is 1. The lowest BCUT2D eigenvalue weighted by atomic mass is 10.0. The number of rotatable bonds is 6. The molecule has 2 amide bonds. The molecule has 3 N–H and O–H groups in total. The first-order valence-electron chi connectivity index (χ1n) is 8.34. The standard InChI is InChI=1S/C20H22N2O3S/c1-20(24,18-11-15-5-3-4-6-17(15)26-18)13-22-19(23)21-12-14-7-9-16(25-2)10-8-14/h3-11,24H,12-13H2,1-2H3,(H2,21,22,23). The molecule has 1 aromatic heterocycles. The van der Waals surface area contributed by atoms with Gasteiger partial charge in [0.25, 0.3) is 0 Å². The van der Waals surface area contributed by atoms with Gasteiger partial charge in [0.05, 0.1) is 13.7 Å². The summed E-state index contributed by atoms with van der Waals surface area (Å²) in [4.78, 5) is 12.9. The molecule has 1 unspecified atom stereocenters. The van der Waals surface area contributed by atoms with Crippen LogP contribution >= 0.6 is 11.3 Å². The molecule has 6 heteroatoms. The molecule has 26 heavy (non-hydrogen) atoms. The number of nitrogens with one attached hydrogen (secondary N) is 2. The zero-order valence-electron chi connectivity index (χ0n) is 14.8. The third-order valence-electron chi connectivity index (χ3n) is 4.16. The van der Waals surface area contributed by atoms with Gasteiger partial charge in [-0.15, -0.1) is 11.3 Å². The Balaban J connectivity index is 1.53. The number of thiophene rings is 1. The van der Waals surface area contributed by atoms with E-state index < -0.39 is 5.60 Å². The lowest BCUT2D eigenvalue weighted by Gasteiger charge is -2.22. The molecular formula is C20H22N2O3S. The van der Waals surface area contributed by atoms with Gasteiger partial charge in [-0.2, -0.15) is 0 Å². The van der Waals surface area contributed by atoms with E-state index in [1.54, 1.807) is 14.0 Å². The van der Waals surface area contributed by atoms with Crippen LogP contribution in [0.4, 0.5) is 4.79 Å². The van der Waals surface area contributed by atoms with Gasteiger partial charge >= 0.3 is 6.03 Å². The summed E-state index contributed by atoms with van der Waals surface area (Å²) in [6, 6.07) is 17.1. The van der Waals surface area contributed by atoms with Crippen molar-refractivity contribution in [3.05, 3.63) is 65.0 Å². The maximum atomic E-state index is 12.0. The largest absolute Gasteiger partial charge is 0.497 e. The van der Waals surface area contributed by atoms with Crippen molar-refractivity contribution in [3.63, 3.8) is 0 Å². The molecule has 0 fully saturated rings. The molecule has 136 valence electrons. The van der Waals surface area contributed by atoms with E-state index in [1.807, 2.05) is 54.6 Å². The topological polar surface area (TPSA) is 70.6 Å². The second kappa shape index (κ2) is 7.76. The van der Waals surface area contributed by atoms with E-state index in [-0.39, 0.29) is 12.6 Å². The average Bonchev–Trinajstić information content (AvgIpc) is 3.10. The van der Waals surface area contributed by atoms with Crippen LogP contribution in [-0.2, 0) is 12.1 Å². The molecule has 2 aromatic carbocycles. The van der Waals surface area contributed by atoms with Crippen LogP contribution in [0, 0.1) is 0 Å². The number of hydrogen-bond acceptors (Lipinski definition) is 4. The first kappa shape index (κ1) is 18.2. The van der Waals surface area contributed by atoms with E-state index in [0.717, 1.165) is 26.3 Å². The molecular weight excluding hydrogens is 348 g/mol. The van der Waals surface area contributed by atoms with Crippen molar-refractivity contribution in [1.82, 2.24) is 10.6 Å². The van der Waals surface area contributed by atoms with Crippen LogP contribution < -0.4 is 15.4 Å². The summed E-state index contributed by atoms with van der Waals surface area (Å²) in [5.74, 6) is 0.776. The molecule has 0 radical (unpaired) electrons. The van der Waals surface area contributed by atoms with Gasteiger partial charge in [-0.3, -0.25) is 0 Å². The van der Waals surface area contributed by atoms with Crippen LogP contribution in [0.1, 0.15) is 17.4 Å². The summed E-state index contributed by atoms with van der Waals surface area (Å²) >= 11 is 1.54. The zero-order valence-corrected chi connectivity index (χ0v) is 15.6. The van der Waals surface area contributed by atoms with E-state index in [1.165, 1.54) is 11.3 Å². The van der Waals surface area contributed by atoms with Crippen LogP contribution in [0.2, 0.25) is 0 Å². The van der Waals surface area contributed by atoms with E-state index >= 15 is 0 Å². The minimum absolute atomic E-state index is 0.133. The first-order valence-corrected chi connectivity index (χ1v) is 9.16. The highest BCUT2D eigenvalue weighted by Crippen LogP contribution is 2.32. The highest BCUT2D eigenvalue weighted by atomic mass is 32.1. The molecule has 1 atom stereocenters. The van der Waals surface area contributed by atoms with Gasteiger partial charge in [0.2, 0.25) is 0 Å². The second-order valence-electron chi connectivity index (χ2n) is 6.31. The number of fused-ring (bicyclic) bond motifs is 1. The minimum Gasteiger partial charge on any atom is -0.497 e. The van der Waals surface area contributed by atoms with Crippen LogP contribution in [0.15, 0.2) is 54.6 Å². The number of methoxy groups -OCH3 is 1. The maximum absolute atomic E-state index is 12.0. The third kappa shape index (κ3) is 4.33. The Morgan fingerprint density at radius 2 is 1.88 bits per heavy atom. The van der Waals surface area contributed by atoms with Gasteiger partial charge < -0.3 is 20.5 Å². The minimum atomic E-state index is -1.12. The molecule has 0 saturated heterocycles. The van der Waals surface area contributed by atoms with Crippen molar-refractivity contribution in [2.24, 2.45) is 0 Å². The summed E-state index contributed by atoms with van der Waals surface area (Å²) in [5, 5.41) is 17.4. The summed E-state index contributed by atoms with van der Waals surface area (Å²) < 4.78 is 6.23. The number of benzene rings is 2. The van der Waals surface area contributed by atoms with E-state index in [2.05, 4.69) is 10.6 Å². The fourth-order valence-electron chi connectivity index (χ4n) is 2.58. The monoisotopic (exact) mass is 370 g/mol. The fraction of sp³-hybridized carbons (Fsp3) is 0.250. The molecule has 3 rings (SSSR count). The van der Waals surface area contributed by atoms with E-state index in [0.29, 0.717) is 6.54 Å². The summed E-state index contributed by atoms with van der Waals surface area (Å²) in [6.45, 7) is 2.25. The van der Waals surface area contributed by atoms with Crippen molar-refractivity contribution in [1.29, 1.82) is 0 Å². The summed E-state index contributed by atoms with van der Waals surface area (Å²) in [6.07, 6.45) is 0. The molecule has 0 aliphatic heterocycles. The van der Waals surface area contributed by atoms with Crippen LogP contribution in [0.3, 0.4) is 0 Å². The second-order valence-corrected chi connectivity index (χ2v) is 7.39. The lowest BCUT2D eigenvalue weighted by molar-refractivity contribution is 0.0632. The number of aliphatic hydroxyl groups is 1. The smallest absolute Gasteiger partial charge is 0.315 e. The number of urea groups is 1. The van der Waals surface area contributed by atoms with Crippen molar-refractivity contribution in [2.45, 2.75) is 19.1 Å². The molecule has 0 aliphatic carbocycles. The van der Waals surface area contributed by atoms with Crippen molar-refractivity contribution in [3.8, 4) is 5.75 Å². The first-order chi connectivity index (χ1) is 12.5. The lowest BCUT2D eigenvalue weighted by Crippen LogP contribution is -2.42. The Bertz CT molecular complexity index is 854. The van der Waals surface area contributed by atoms with Crippen molar-refractivity contribution < 1.29 is 14.6 Å². The molecule has 3 aromatic rings. The predicted molar refractivity (Wildman–Crippen MR) is 105 cm³/mol. The van der Waals surface area contributed by atoms with E-state index in [4.69, 9.17) is 4.74 Å². The van der Waals surface area contributed by atoms with Gasteiger partial charge in [0.15, 0.2) is 0 Å². The van der Waals surface area contributed by atoms with Crippen LogP contribution in [0.25, 0.3) is 10.1 Å². The van der Waals surface area contributed by atoms with Crippen LogP contribution in [0.5, 0.6) is 5.75 Å². The molecule has 0 aliphatic rings. The Hall–Kier alpha value is -2.57. The van der Waals surface area contributed by atoms with Crippen molar-refractivity contribution in [2.75, 3.05) is 13.7 Å². The Morgan fingerprint density at radius 3 is 2.58 bits per heavy atom. The Morgan fingerprint density at radius 1 is 1.15 bits per heavy atom. The zero-order chi connectivity index (χ0) is 18.6. The number of ether oxygens (including phenoxy) is 1. The van der Waals surface area contributed by atoms with Gasteiger partial charge in [-0.1, -0.05) is 30.3 Å². The summed E-state index contributed by atoms with van der Waals surface area (Å²) in [7, 11) is 1.61. The maximum Gasteiger partial charge on any atom is 0.315 e. The van der Waals surface area contributed by atoms with Crippen molar-refractivity contribution >= 4 is 27.5 Å². The number of carbonyl (C=O) groups is 1. The average molecular weight is 370 g/mol. The van der Waals surface area contributed by atoms with Gasteiger partial charge in [-0.05, 0) is 42.1 Å². The fourth-order valence-corrected chi connectivity index (χ4v) is 3.68. The number of hydrogen-bond donors (Lipinski definition) is 3. The number of amides is 2. The molecule has 0 bridgehead atoms. The van der Waals surface area contributed by atoms with Gasteiger partial charge in [0, 0.05) is 16.1 Å². The molecule has 1 heterocycles.